The highest BCUT2D eigenvalue weighted by Gasteiger charge is 2.38. The fourth-order valence-corrected chi connectivity index (χ4v) is 3.07. The average Bonchev–Trinajstić information content (AvgIpc) is 3.01. The molecule has 0 saturated heterocycles. The topological polar surface area (TPSA) is 79.8 Å². The van der Waals surface area contributed by atoms with Crippen molar-refractivity contribution in [3.05, 3.63) is 66.9 Å². The van der Waals surface area contributed by atoms with Crippen LogP contribution in [0.25, 0.3) is 17.1 Å². The van der Waals surface area contributed by atoms with Crippen molar-refractivity contribution >= 4 is 40.1 Å². The molecule has 0 aliphatic heterocycles. The molecule has 0 aliphatic rings. The molecule has 29 heavy (non-hydrogen) atoms. The van der Waals surface area contributed by atoms with Gasteiger partial charge in [-0.1, -0.05) is 17.7 Å². The lowest BCUT2D eigenvalue weighted by Crippen LogP contribution is -2.36. The van der Waals surface area contributed by atoms with Crippen molar-refractivity contribution in [3.8, 4) is 17.1 Å². The summed E-state index contributed by atoms with van der Waals surface area (Å²) in [6, 6.07) is 8.37. The minimum absolute atomic E-state index is 0.0121. The minimum Gasteiger partial charge on any atom is -0.344 e. The van der Waals surface area contributed by atoms with E-state index >= 15 is 0 Å². The number of nitrogens with zero attached hydrogens (tertiary/aromatic N) is 2. The molecule has 3 aromatic rings. The highest BCUT2D eigenvalue weighted by atomic mass is 127. The number of benzene rings is 2. The molecule has 0 saturated carbocycles. The molecule has 0 fully saturated rings. The second kappa shape index (κ2) is 8.14. The van der Waals surface area contributed by atoms with E-state index < -0.39 is 30.1 Å². The van der Waals surface area contributed by atoms with Gasteiger partial charge in [0.15, 0.2) is 5.82 Å². The van der Waals surface area contributed by atoms with Gasteiger partial charge in [0.25, 0.3) is 0 Å². The zero-order valence-corrected chi connectivity index (χ0v) is 17.1. The summed E-state index contributed by atoms with van der Waals surface area (Å²) in [4.78, 5) is 25.6. The maximum Gasteiger partial charge on any atom is 0.471 e. The first-order valence-corrected chi connectivity index (χ1v) is 9.30. The molecule has 0 radical (unpaired) electrons. The summed E-state index contributed by atoms with van der Waals surface area (Å²) in [7, 11) is 0. The van der Waals surface area contributed by atoms with E-state index in [9.17, 15) is 27.2 Å². The standard InChI is InChI=1S/C17H10ClF4IN4O2/c18-11-3-1-8(7-24-15(28)17(20,21)22)5-10(11)14-25-16(29)27(26-14)13-4-2-9(23)6-12(13)19/h1-6H,7H2,(H,24,28)(H,25,26,29). The Labute approximate surface area is 179 Å². The number of carbonyl (C=O) groups is 1. The van der Waals surface area contributed by atoms with Crippen molar-refractivity contribution in [3.63, 3.8) is 0 Å². The van der Waals surface area contributed by atoms with Gasteiger partial charge < -0.3 is 5.32 Å². The molecular weight excluding hydrogens is 531 g/mol. The van der Waals surface area contributed by atoms with Gasteiger partial charge in [-0.15, -0.1) is 5.10 Å². The smallest absolute Gasteiger partial charge is 0.344 e. The summed E-state index contributed by atoms with van der Waals surface area (Å²) >= 11 is 8.03. The normalized spacial score (nSPS) is 11.5. The van der Waals surface area contributed by atoms with E-state index in [0.29, 0.717) is 3.57 Å². The molecule has 0 spiro atoms. The Balaban J connectivity index is 1.93. The first-order valence-electron chi connectivity index (χ1n) is 7.85. The number of carbonyl (C=O) groups excluding carboxylic acids is 1. The van der Waals surface area contributed by atoms with Crippen molar-refractivity contribution in [2.75, 3.05) is 0 Å². The summed E-state index contributed by atoms with van der Waals surface area (Å²) in [5.41, 5.74) is -0.320. The molecule has 1 amide bonds. The summed E-state index contributed by atoms with van der Waals surface area (Å²) in [5, 5.41) is 5.92. The van der Waals surface area contributed by atoms with Crippen molar-refractivity contribution in [1.29, 1.82) is 0 Å². The van der Waals surface area contributed by atoms with Crippen molar-refractivity contribution in [2.45, 2.75) is 12.7 Å². The van der Waals surface area contributed by atoms with Gasteiger partial charge in [-0.2, -0.15) is 17.9 Å². The molecule has 1 aromatic heterocycles. The van der Waals surface area contributed by atoms with Crippen LogP contribution in [0.2, 0.25) is 5.02 Å². The van der Waals surface area contributed by atoms with E-state index in [1.54, 1.807) is 11.4 Å². The van der Waals surface area contributed by atoms with Crippen molar-refractivity contribution in [2.24, 2.45) is 0 Å². The van der Waals surface area contributed by atoms with Crippen LogP contribution >= 0.6 is 34.2 Å². The maximum absolute atomic E-state index is 14.2. The third kappa shape index (κ3) is 4.78. The lowest BCUT2D eigenvalue weighted by molar-refractivity contribution is -0.173. The maximum atomic E-state index is 14.2. The highest BCUT2D eigenvalue weighted by Crippen LogP contribution is 2.26. The zero-order valence-electron chi connectivity index (χ0n) is 14.1. The first kappa shape index (κ1) is 21.3. The van der Waals surface area contributed by atoms with Crippen LogP contribution in [-0.4, -0.2) is 26.8 Å². The summed E-state index contributed by atoms with van der Waals surface area (Å²) in [6.45, 7) is -0.417. The number of hydrogen-bond donors (Lipinski definition) is 2. The molecule has 2 N–H and O–H groups in total. The fraction of sp³-hybridized carbons (Fsp3) is 0.118. The lowest BCUT2D eigenvalue weighted by atomic mass is 10.1. The van der Waals surface area contributed by atoms with Gasteiger partial charge in [0.1, 0.15) is 11.5 Å². The van der Waals surface area contributed by atoms with Gasteiger partial charge in [0, 0.05) is 15.7 Å². The quantitative estimate of drug-likeness (QED) is 0.390. The van der Waals surface area contributed by atoms with Crippen LogP contribution < -0.4 is 11.0 Å². The van der Waals surface area contributed by atoms with E-state index in [1.165, 1.54) is 30.3 Å². The Morgan fingerprint density at radius 2 is 1.97 bits per heavy atom. The molecule has 3 rings (SSSR count). The molecule has 1 heterocycles. The predicted octanol–water partition coefficient (Wildman–Crippen LogP) is 3.80. The number of nitrogens with one attached hydrogen (secondary N) is 2. The molecular formula is C17H10ClF4IN4O2. The van der Waals surface area contributed by atoms with E-state index in [-0.39, 0.29) is 27.7 Å². The third-order valence-corrected chi connectivity index (χ3v) is 4.75. The molecule has 0 unspecified atom stereocenters. The fourth-order valence-electron chi connectivity index (χ4n) is 2.41. The van der Waals surface area contributed by atoms with Gasteiger partial charge in [-0.3, -0.25) is 9.78 Å². The summed E-state index contributed by atoms with van der Waals surface area (Å²) < 4.78 is 52.5. The van der Waals surface area contributed by atoms with E-state index in [0.717, 1.165) is 4.68 Å². The Hall–Kier alpha value is -2.41. The monoisotopic (exact) mass is 540 g/mol. The van der Waals surface area contributed by atoms with Crippen LogP contribution in [0.1, 0.15) is 5.56 Å². The van der Waals surface area contributed by atoms with Crippen molar-refractivity contribution < 1.29 is 22.4 Å². The number of hydrogen-bond acceptors (Lipinski definition) is 3. The van der Waals surface area contributed by atoms with Gasteiger partial charge in [0.05, 0.1) is 5.02 Å². The minimum atomic E-state index is -5.00. The Kier molecular flexibility index (Phi) is 5.98. The number of alkyl halides is 3. The van der Waals surface area contributed by atoms with Crippen LogP contribution in [0.4, 0.5) is 17.6 Å². The van der Waals surface area contributed by atoms with Gasteiger partial charge in [0.2, 0.25) is 0 Å². The second-order valence-electron chi connectivity index (χ2n) is 5.78. The number of rotatable bonds is 4. The Morgan fingerprint density at radius 3 is 2.62 bits per heavy atom. The molecule has 0 bridgehead atoms. The summed E-state index contributed by atoms with van der Waals surface area (Å²) in [6.07, 6.45) is -5.00. The second-order valence-corrected chi connectivity index (χ2v) is 7.43. The van der Waals surface area contributed by atoms with Crippen molar-refractivity contribution in [1.82, 2.24) is 20.1 Å². The highest BCUT2D eigenvalue weighted by molar-refractivity contribution is 14.1. The largest absolute Gasteiger partial charge is 0.471 e. The van der Waals surface area contributed by atoms with Gasteiger partial charge >= 0.3 is 17.8 Å². The van der Waals surface area contributed by atoms with Gasteiger partial charge in [-0.25, -0.2) is 9.18 Å². The SMILES string of the molecule is O=C(NCc1ccc(Cl)c(-c2nn(-c3ccc(I)cc3F)c(=O)[nH]2)c1)C(F)(F)F. The van der Waals surface area contributed by atoms with Crippen LogP contribution in [0.15, 0.2) is 41.2 Å². The van der Waals surface area contributed by atoms with E-state index in [4.69, 9.17) is 11.6 Å². The Morgan fingerprint density at radius 1 is 1.24 bits per heavy atom. The number of aromatic amines is 1. The molecule has 0 aliphatic carbocycles. The predicted molar refractivity (Wildman–Crippen MR) is 105 cm³/mol. The average molecular weight is 541 g/mol. The summed E-state index contributed by atoms with van der Waals surface area (Å²) in [5.74, 6) is -2.76. The number of H-pyrrole nitrogens is 1. The number of aromatic nitrogens is 3. The molecule has 0 atom stereocenters. The lowest BCUT2D eigenvalue weighted by Gasteiger charge is -2.09. The third-order valence-electron chi connectivity index (χ3n) is 3.75. The molecule has 12 heteroatoms. The first-order chi connectivity index (χ1) is 13.6. The number of amides is 1. The number of halogens is 6. The van der Waals surface area contributed by atoms with E-state index in [2.05, 4.69) is 10.1 Å². The van der Waals surface area contributed by atoms with Crippen LogP contribution in [0.5, 0.6) is 0 Å². The van der Waals surface area contributed by atoms with Crippen LogP contribution in [0.3, 0.4) is 0 Å². The van der Waals surface area contributed by atoms with Crippen LogP contribution in [0, 0.1) is 9.39 Å². The molecule has 2 aromatic carbocycles. The van der Waals surface area contributed by atoms with Crippen LogP contribution in [-0.2, 0) is 11.3 Å². The molecule has 6 nitrogen and oxygen atoms in total. The molecule has 152 valence electrons. The Bertz CT molecular complexity index is 1140. The van der Waals surface area contributed by atoms with Gasteiger partial charge in [-0.05, 0) is 58.5 Å². The van der Waals surface area contributed by atoms with E-state index in [1.807, 2.05) is 22.6 Å². The zero-order chi connectivity index (χ0) is 21.3.